The highest BCUT2D eigenvalue weighted by Gasteiger charge is 2.04. The fourth-order valence-electron chi connectivity index (χ4n) is 1.39. The molecule has 5 nitrogen and oxygen atoms in total. The molecule has 0 aromatic carbocycles. The molecule has 0 bridgehead atoms. The summed E-state index contributed by atoms with van der Waals surface area (Å²) in [4.78, 5) is 5.69. The van der Waals surface area contributed by atoms with Crippen LogP contribution in [0, 0.1) is 11.3 Å². The van der Waals surface area contributed by atoms with Gasteiger partial charge in [0.2, 0.25) is 0 Å². The minimum absolute atomic E-state index is 0.295. The molecule has 0 saturated heterocycles. The molecule has 0 unspecified atom stereocenters. The molecule has 84 valence electrons. The lowest BCUT2D eigenvalue weighted by molar-refractivity contribution is 0.934. The Hall–Kier alpha value is -2.48. The van der Waals surface area contributed by atoms with Crippen molar-refractivity contribution in [3.05, 3.63) is 36.7 Å². The number of aromatic nitrogens is 3. The van der Waals surface area contributed by atoms with E-state index in [1.165, 1.54) is 0 Å². The van der Waals surface area contributed by atoms with E-state index < -0.39 is 0 Å². The van der Waals surface area contributed by atoms with Gasteiger partial charge in [0, 0.05) is 25.0 Å². The molecular formula is C12H11N5. The van der Waals surface area contributed by atoms with Gasteiger partial charge in [0.1, 0.15) is 6.54 Å². The molecule has 0 amide bonds. The quantitative estimate of drug-likeness (QED) is 0.740. The van der Waals surface area contributed by atoms with Gasteiger partial charge in [0.05, 0.1) is 11.8 Å². The zero-order chi connectivity index (χ0) is 12.1. The van der Waals surface area contributed by atoms with Crippen LogP contribution in [0.15, 0.2) is 36.7 Å². The van der Waals surface area contributed by atoms with Crippen LogP contribution in [0.3, 0.4) is 0 Å². The van der Waals surface area contributed by atoms with E-state index in [1.54, 1.807) is 24.3 Å². The summed E-state index contributed by atoms with van der Waals surface area (Å²) in [6.07, 6.45) is 3.43. The van der Waals surface area contributed by atoms with Gasteiger partial charge in [-0.3, -0.25) is 4.98 Å². The minimum atomic E-state index is 0.295. The number of hydrogen-bond donors (Lipinski definition) is 0. The van der Waals surface area contributed by atoms with Gasteiger partial charge in [-0.25, -0.2) is 0 Å². The van der Waals surface area contributed by atoms with Crippen molar-refractivity contribution >= 4 is 5.82 Å². The summed E-state index contributed by atoms with van der Waals surface area (Å²) in [5.74, 6) is 0.685. The van der Waals surface area contributed by atoms with Gasteiger partial charge < -0.3 is 4.90 Å². The zero-order valence-corrected chi connectivity index (χ0v) is 9.41. The lowest BCUT2D eigenvalue weighted by atomic mass is 10.2. The van der Waals surface area contributed by atoms with Crippen molar-refractivity contribution in [1.82, 2.24) is 15.2 Å². The lowest BCUT2D eigenvalue weighted by Gasteiger charge is -2.12. The first-order valence-corrected chi connectivity index (χ1v) is 5.13. The minimum Gasteiger partial charge on any atom is -0.345 e. The van der Waals surface area contributed by atoms with E-state index in [0.29, 0.717) is 12.4 Å². The molecule has 5 heteroatoms. The number of nitriles is 1. The summed E-state index contributed by atoms with van der Waals surface area (Å²) in [7, 11) is 1.80. The smallest absolute Gasteiger partial charge is 0.151 e. The predicted octanol–water partition coefficient (Wildman–Crippen LogP) is 1.50. The van der Waals surface area contributed by atoms with E-state index in [2.05, 4.69) is 21.3 Å². The van der Waals surface area contributed by atoms with Crippen LogP contribution < -0.4 is 4.90 Å². The highest BCUT2D eigenvalue weighted by molar-refractivity contribution is 5.58. The number of rotatable bonds is 3. The first kappa shape index (κ1) is 11.0. The largest absolute Gasteiger partial charge is 0.345 e. The molecule has 0 spiro atoms. The third kappa shape index (κ3) is 2.55. The molecule has 0 atom stereocenters. The average Bonchev–Trinajstić information content (AvgIpc) is 2.40. The molecule has 17 heavy (non-hydrogen) atoms. The Bertz CT molecular complexity index is 515. The lowest BCUT2D eigenvalue weighted by Crippen LogP contribution is -2.18. The van der Waals surface area contributed by atoms with Gasteiger partial charge in [0.15, 0.2) is 5.82 Å². The van der Waals surface area contributed by atoms with Crippen LogP contribution in [0.25, 0.3) is 11.3 Å². The maximum Gasteiger partial charge on any atom is 0.151 e. The maximum atomic E-state index is 8.58. The first-order valence-electron chi connectivity index (χ1n) is 5.13. The Labute approximate surface area is 99.4 Å². The summed E-state index contributed by atoms with van der Waals surface area (Å²) < 4.78 is 0. The standard InChI is InChI=1S/C12H11N5/c1-17(9-6-13)12-3-2-11(15-16-12)10-4-7-14-8-5-10/h2-5,7-8H,9H2,1H3. The van der Waals surface area contributed by atoms with E-state index in [1.807, 2.05) is 24.3 Å². The second-order valence-corrected chi connectivity index (χ2v) is 3.53. The van der Waals surface area contributed by atoms with Gasteiger partial charge in [-0.2, -0.15) is 5.26 Å². The van der Waals surface area contributed by atoms with Gasteiger partial charge in [-0.1, -0.05) is 0 Å². The Kier molecular flexibility index (Phi) is 3.26. The second kappa shape index (κ2) is 5.03. The molecule has 0 radical (unpaired) electrons. The molecular weight excluding hydrogens is 214 g/mol. The van der Waals surface area contributed by atoms with Gasteiger partial charge >= 0.3 is 0 Å². The van der Waals surface area contributed by atoms with Crippen LogP contribution in [0.5, 0.6) is 0 Å². The van der Waals surface area contributed by atoms with Crippen LogP contribution in [0.2, 0.25) is 0 Å². The molecule has 2 heterocycles. The topological polar surface area (TPSA) is 65.7 Å². The maximum absolute atomic E-state index is 8.58. The summed E-state index contributed by atoms with van der Waals surface area (Å²) in [6.45, 7) is 0.295. The second-order valence-electron chi connectivity index (χ2n) is 3.53. The molecule has 0 saturated carbocycles. The van der Waals surface area contributed by atoms with Crippen LogP contribution in [0.1, 0.15) is 0 Å². The van der Waals surface area contributed by atoms with Gasteiger partial charge in [-0.05, 0) is 24.3 Å². The number of pyridine rings is 1. The molecule has 0 aliphatic rings. The van der Waals surface area contributed by atoms with Crippen LogP contribution in [-0.2, 0) is 0 Å². The van der Waals surface area contributed by atoms with Gasteiger partial charge in [-0.15, -0.1) is 10.2 Å². The summed E-state index contributed by atoms with van der Waals surface area (Å²) in [5, 5.41) is 16.8. The average molecular weight is 225 g/mol. The predicted molar refractivity (Wildman–Crippen MR) is 64.1 cm³/mol. The molecule has 0 aliphatic carbocycles. The van der Waals surface area contributed by atoms with E-state index in [9.17, 15) is 0 Å². The van der Waals surface area contributed by atoms with Crippen molar-refractivity contribution in [2.24, 2.45) is 0 Å². The van der Waals surface area contributed by atoms with Crippen molar-refractivity contribution in [2.45, 2.75) is 0 Å². The van der Waals surface area contributed by atoms with Crippen molar-refractivity contribution in [2.75, 3.05) is 18.5 Å². The monoisotopic (exact) mass is 225 g/mol. The Morgan fingerprint density at radius 2 is 1.94 bits per heavy atom. The van der Waals surface area contributed by atoms with Crippen molar-refractivity contribution < 1.29 is 0 Å². The molecule has 2 rings (SSSR count). The number of hydrogen-bond acceptors (Lipinski definition) is 5. The third-order valence-corrected chi connectivity index (χ3v) is 2.33. The third-order valence-electron chi connectivity index (χ3n) is 2.33. The molecule has 0 N–H and O–H groups in total. The normalized spacial score (nSPS) is 9.65. The fraction of sp³-hybridized carbons (Fsp3) is 0.167. The van der Waals surface area contributed by atoms with Crippen molar-refractivity contribution in [3.8, 4) is 17.3 Å². The van der Waals surface area contributed by atoms with Crippen LogP contribution >= 0.6 is 0 Å². The molecule has 2 aromatic heterocycles. The van der Waals surface area contributed by atoms with Crippen LogP contribution in [-0.4, -0.2) is 28.8 Å². The zero-order valence-electron chi connectivity index (χ0n) is 9.41. The van der Waals surface area contributed by atoms with Crippen molar-refractivity contribution in [3.63, 3.8) is 0 Å². The van der Waals surface area contributed by atoms with E-state index in [4.69, 9.17) is 5.26 Å². The molecule has 2 aromatic rings. The Balaban J connectivity index is 2.22. The highest BCUT2D eigenvalue weighted by Crippen LogP contribution is 2.16. The highest BCUT2D eigenvalue weighted by atomic mass is 15.2. The van der Waals surface area contributed by atoms with E-state index in [0.717, 1.165) is 11.3 Å². The van der Waals surface area contributed by atoms with Crippen LogP contribution in [0.4, 0.5) is 5.82 Å². The number of anilines is 1. The summed E-state index contributed by atoms with van der Waals surface area (Å²) >= 11 is 0. The van der Waals surface area contributed by atoms with E-state index >= 15 is 0 Å². The van der Waals surface area contributed by atoms with E-state index in [-0.39, 0.29) is 0 Å². The molecule has 0 aliphatic heterocycles. The summed E-state index contributed by atoms with van der Waals surface area (Å²) in [5.41, 5.74) is 1.77. The SMILES string of the molecule is CN(CC#N)c1ccc(-c2ccncc2)nn1. The first-order chi connectivity index (χ1) is 8.31. The fourth-order valence-corrected chi connectivity index (χ4v) is 1.39. The Morgan fingerprint density at radius 1 is 1.18 bits per heavy atom. The Morgan fingerprint density at radius 3 is 2.53 bits per heavy atom. The molecule has 0 fully saturated rings. The summed E-state index contributed by atoms with van der Waals surface area (Å²) in [6, 6.07) is 9.55. The van der Waals surface area contributed by atoms with Gasteiger partial charge in [0.25, 0.3) is 0 Å². The number of nitrogens with zero attached hydrogens (tertiary/aromatic N) is 5. The van der Waals surface area contributed by atoms with Crippen molar-refractivity contribution in [1.29, 1.82) is 5.26 Å².